The number of benzene rings is 6. The number of anilines is 4. The second-order valence-corrected chi connectivity index (χ2v) is 45.9. The van der Waals surface area contributed by atoms with Crippen LogP contribution in [0.15, 0.2) is 175 Å². The molecule has 2 aliphatic carbocycles. The summed E-state index contributed by atoms with van der Waals surface area (Å²) in [5.41, 5.74) is 29.2. The lowest BCUT2D eigenvalue weighted by molar-refractivity contribution is -0.523. The maximum Gasteiger partial charge on any atom is 0.500 e. The van der Waals surface area contributed by atoms with E-state index >= 15 is 0 Å². The Morgan fingerprint density at radius 2 is 0.713 bits per heavy atom. The molecule has 4 aliphatic rings. The normalized spacial score (nSPS) is 16.5. The van der Waals surface area contributed by atoms with E-state index in [1.807, 2.05) is 0 Å². The van der Waals surface area contributed by atoms with Crippen LogP contribution < -0.4 is 54.6 Å². The number of alkyl halides is 1. The summed E-state index contributed by atoms with van der Waals surface area (Å²) in [4.78, 5) is 19.3. The molecule has 0 bridgehead atoms. The van der Waals surface area contributed by atoms with E-state index in [1.165, 1.54) is 108 Å². The lowest BCUT2D eigenvalue weighted by atomic mass is 9.77. The first kappa shape index (κ1) is 116. The Balaban J connectivity index is 0.000000370. The van der Waals surface area contributed by atoms with Crippen molar-refractivity contribution in [2.45, 2.75) is 229 Å². The smallest absolute Gasteiger partial charge is 0.500 e. The molecule has 0 unspecified atom stereocenters. The number of allylic oxidation sites excluding steroid dienone is 6. The number of rotatable bonds is 39. The molecule has 0 radical (unpaired) electrons. The summed E-state index contributed by atoms with van der Waals surface area (Å²) in [6, 6.07) is 57.4. The number of nitrogens with zero attached hydrogens (tertiary/aromatic N) is 8. The van der Waals surface area contributed by atoms with E-state index in [4.69, 9.17) is 50.6 Å². The largest absolute Gasteiger partial charge is 1.00 e. The lowest BCUT2D eigenvalue weighted by Gasteiger charge is -2.54. The second-order valence-electron chi connectivity index (χ2n) is 35.5. The highest BCUT2D eigenvalue weighted by atomic mass is 127. The van der Waals surface area contributed by atoms with Crippen molar-refractivity contribution >= 4 is 105 Å². The van der Waals surface area contributed by atoms with Crippen LogP contribution in [-0.4, -0.2) is 247 Å². The first-order valence-electron chi connectivity index (χ1n) is 46.8. The maximum atomic E-state index is 6.02. The minimum Gasteiger partial charge on any atom is -1.00 e. The third-order valence-electron chi connectivity index (χ3n) is 26.6. The van der Waals surface area contributed by atoms with E-state index in [0.29, 0.717) is 12.1 Å². The fourth-order valence-electron chi connectivity index (χ4n) is 18.7. The van der Waals surface area contributed by atoms with Crippen molar-refractivity contribution in [2.24, 2.45) is 10.7 Å². The zero-order valence-electron chi connectivity index (χ0n) is 84.2. The molecule has 0 spiro atoms. The monoisotopic (exact) mass is 2050 g/mol. The van der Waals surface area contributed by atoms with Crippen LogP contribution in [0.3, 0.4) is 0 Å². The van der Waals surface area contributed by atoms with Gasteiger partial charge in [0.05, 0.1) is 11.3 Å². The first-order chi connectivity index (χ1) is 60.7. The maximum absolute atomic E-state index is 6.02. The molecule has 6 aromatic rings. The molecule has 129 heavy (non-hydrogen) atoms. The standard InChI is InChI=1S/C39H54N3O3Si.C33H39N3.C16H36N2O3Si.C10H22N2.C6H15IO3Si.CH4.HI/c1-9-40(10-2)33-23-19-31(20-24-33)39(32-21-25-34(26-22-32)41(11-3)12-4)37-27-28-38(36-18-15-14-17-35(36)37)42(13-5)29-16-30-46(43-6,44-7)45-8;1-6-34-32-24-23-31(29-13-11-12-14-30(29)32)33(25-15-19-27(20-16-25)35(7-2)8-3)26-17-21-28(22-18-26)36(9-4)10-5;1-15(2)12-14(13-16(3,4)18(15)5)17-10-9-11-22(19-6,20-7)21-8;1-9(2)6-8(11)7-10(3,4)12(9)5;1-8-11(9-2,10-3)6-4-5-7;;/h14-15,17-28H,9-13,16,29-30H2,1-8H3;11-24H,6-10H2,1-5H3;14,17H,9-13H2,1-8H3;8H,6-7,11H2,1-5H3;4-6H2,1-3H3;1H4;1H/q+1;;;;;;/p-1. The third kappa shape index (κ3) is 31.2. The first-order valence-corrected chi connectivity index (χ1v) is 54.1. The molecule has 720 valence electrons. The highest BCUT2D eigenvalue weighted by Gasteiger charge is 2.45. The van der Waals surface area contributed by atoms with Crippen LogP contribution in [0.2, 0.25) is 18.1 Å². The number of nitrogens with one attached hydrogen (secondary N) is 1. The molecular weight excluding hydrogens is 1880 g/mol. The molecule has 2 heterocycles. The molecule has 6 aromatic carbocycles. The zero-order valence-corrected chi connectivity index (χ0v) is 91.5. The van der Waals surface area contributed by atoms with E-state index in [9.17, 15) is 0 Å². The van der Waals surface area contributed by atoms with Crippen molar-refractivity contribution < 1.29 is 68.4 Å². The van der Waals surface area contributed by atoms with Gasteiger partial charge in [-0.05, 0) is 311 Å². The van der Waals surface area contributed by atoms with Gasteiger partial charge in [-0.2, -0.15) is 0 Å². The number of aliphatic imine (C=N–C) groups is 1. The third-order valence-corrected chi connectivity index (χ3v) is 35.9. The van der Waals surface area contributed by atoms with Crippen molar-refractivity contribution in [1.82, 2.24) is 15.1 Å². The minimum atomic E-state index is -2.62. The lowest BCUT2D eigenvalue weighted by Crippen LogP contribution is -3.00. The topological polar surface area (TPSA) is 156 Å². The predicted octanol–water partition coefficient (Wildman–Crippen LogP) is 19.1. The molecule has 3 N–H and O–H groups in total. The van der Waals surface area contributed by atoms with Crippen molar-refractivity contribution in [1.29, 1.82) is 0 Å². The van der Waals surface area contributed by atoms with Crippen LogP contribution in [0.25, 0.3) is 22.3 Å². The Labute approximate surface area is 817 Å². The molecule has 24 heteroatoms. The van der Waals surface area contributed by atoms with Crippen molar-refractivity contribution in [3.8, 4) is 0 Å². The summed E-state index contributed by atoms with van der Waals surface area (Å²) in [5, 5.41) is 3.73. The van der Waals surface area contributed by atoms with Crippen molar-refractivity contribution in [2.75, 3.05) is 181 Å². The summed E-state index contributed by atoms with van der Waals surface area (Å²) in [6.07, 6.45) is 16.6. The Kier molecular flexibility index (Phi) is 50.3. The summed E-state index contributed by atoms with van der Waals surface area (Å²) >= 11 is 2.33. The number of hydrogen-bond acceptors (Lipinski definition) is 18. The fraction of sp³-hybridized carbons (Fsp3) is 0.562. The van der Waals surface area contributed by atoms with Gasteiger partial charge in [0.1, 0.15) is 13.1 Å². The Bertz CT molecular complexity index is 4260. The highest BCUT2D eigenvalue weighted by molar-refractivity contribution is 14.1. The summed E-state index contributed by atoms with van der Waals surface area (Å²) in [6.45, 7) is 52.0. The molecule has 0 aromatic heterocycles. The van der Waals surface area contributed by atoms with Gasteiger partial charge in [0.15, 0.2) is 0 Å². The van der Waals surface area contributed by atoms with Gasteiger partial charge in [0, 0.05) is 216 Å². The summed E-state index contributed by atoms with van der Waals surface area (Å²) in [7, 11) is 12.2. The Hall–Kier alpha value is -5.59. The molecule has 10 rings (SSSR count). The predicted molar refractivity (Wildman–Crippen MR) is 564 cm³/mol. The van der Waals surface area contributed by atoms with E-state index in [1.54, 1.807) is 64.0 Å². The number of fused-ring (bicyclic) bond motifs is 2. The van der Waals surface area contributed by atoms with Gasteiger partial charge in [-0.25, -0.2) is 4.58 Å². The Morgan fingerprint density at radius 1 is 0.419 bits per heavy atom. The number of likely N-dealkylation sites (tertiary alicyclic amines) is 2. The number of nitrogens with two attached hydrogens (primary N) is 1. The van der Waals surface area contributed by atoms with E-state index in [2.05, 4.69) is 371 Å². The fourth-order valence-corrected chi connectivity index (χ4v) is 25.0. The zero-order chi connectivity index (χ0) is 93.9. The molecule has 19 nitrogen and oxygen atoms in total. The van der Waals surface area contributed by atoms with Crippen LogP contribution >= 0.6 is 22.6 Å². The Morgan fingerprint density at radius 3 is 1.02 bits per heavy atom. The van der Waals surface area contributed by atoms with Gasteiger partial charge in [0.2, 0.25) is 5.71 Å². The van der Waals surface area contributed by atoms with E-state index in [-0.39, 0.29) is 53.6 Å². The molecule has 2 saturated heterocycles. The SMILES string of the molecule is C.CCN(CC)c1ccc(C(=C2C=CC(=[N+](CC)CCC[Si](OC)(OC)OC)c3ccccc32)c2ccc(N(CC)CC)cc2)cc1.CCN=C1C=CC(=C(c2ccc(N(CC)CC)cc2)c2ccc(N(CC)CC)cc2)c2ccccc21.CN1C(C)(C)CC(N)CC1(C)C.CO[Si](CCCI)(OC)OC.CO[Si](CCCNC1CC(C)(C)N(C)C(C)(C)C1)(OC)OC.[I-]. The van der Waals surface area contributed by atoms with Gasteiger partial charge in [-0.1, -0.05) is 127 Å². The van der Waals surface area contributed by atoms with Crippen LogP contribution in [-0.2, 0) is 39.8 Å². The highest BCUT2D eigenvalue weighted by Crippen LogP contribution is 2.43. The van der Waals surface area contributed by atoms with E-state index in [0.717, 1.165) is 139 Å². The molecule has 0 amide bonds. The number of halogens is 2. The van der Waals surface area contributed by atoms with Crippen LogP contribution in [0.5, 0.6) is 0 Å². The van der Waals surface area contributed by atoms with Crippen molar-refractivity contribution in [3.63, 3.8) is 0 Å². The molecule has 2 fully saturated rings. The van der Waals surface area contributed by atoms with Gasteiger partial charge >= 0.3 is 26.4 Å². The average Bonchev–Trinajstić information content (AvgIpc) is 0.807. The minimum absolute atomic E-state index is 0. The molecular formula is C105H170I2N10O9Si3. The van der Waals surface area contributed by atoms with E-state index < -0.39 is 26.4 Å². The van der Waals surface area contributed by atoms with Gasteiger partial charge in [0.25, 0.3) is 0 Å². The average molecular weight is 2050 g/mol. The molecule has 0 saturated carbocycles. The number of hydrogen-bond donors (Lipinski definition) is 2. The second kappa shape index (κ2) is 56.1. The quantitative estimate of drug-likeness (QED) is 0.0123. The summed E-state index contributed by atoms with van der Waals surface area (Å²) in [5.74, 6) is 0. The molecule has 2 aliphatic heterocycles. The van der Waals surface area contributed by atoms with Gasteiger partial charge in [-0.3, -0.25) is 14.8 Å². The summed E-state index contributed by atoms with van der Waals surface area (Å²) < 4.78 is 52.7. The van der Waals surface area contributed by atoms with Crippen LogP contribution in [0, 0.1) is 0 Å². The van der Waals surface area contributed by atoms with Gasteiger partial charge in [-0.15, -0.1) is 0 Å². The van der Waals surface area contributed by atoms with Gasteiger partial charge < -0.3 is 94.5 Å². The number of piperidine rings is 2. The molecule has 0 atom stereocenters. The van der Waals surface area contributed by atoms with Crippen LogP contribution in [0.4, 0.5) is 22.7 Å². The van der Waals surface area contributed by atoms with Crippen molar-refractivity contribution in [3.05, 3.63) is 214 Å². The van der Waals surface area contributed by atoms with Crippen LogP contribution in [0.1, 0.15) is 222 Å².